The maximum absolute atomic E-state index is 12.4. The van der Waals surface area contributed by atoms with E-state index in [1.54, 1.807) is 6.92 Å². The summed E-state index contributed by atoms with van der Waals surface area (Å²) >= 11 is 0. The van der Waals surface area contributed by atoms with Crippen molar-refractivity contribution < 1.29 is 33.6 Å². The molecule has 0 aromatic rings. The normalized spacial score (nSPS) is 33.2. The van der Waals surface area contributed by atoms with Crippen LogP contribution in [0.15, 0.2) is 23.0 Å². The van der Waals surface area contributed by atoms with Crippen molar-refractivity contribution in [2.24, 2.45) is 17.3 Å². The Labute approximate surface area is 165 Å². The Hall–Kier alpha value is -1.86. The molecule has 1 saturated carbocycles. The Morgan fingerprint density at radius 2 is 1.93 bits per heavy atom. The summed E-state index contributed by atoms with van der Waals surface area (Å²) < 4.78 is 22.4. The van der Waals surface area contributed by atoms with Crippen LogP contribution in [0.1, 0.15) is 46.5 Å². The number of methoxy groups -OCH3 is 1. The largest absolute Gasteiger partial charge is 0.511 e. The maximum atomic E-state index is 12.4. The molecule has 1 spiro atoms. The number of allylic oxidation sites excluding steroid dienone is 1. The van der Waals surface area contributed by atoms with E-state index in [9.17, 15) is 14.7 Å². The molecule has 156 valence electrons. The van der Waals surface area contributed by atoms with Gasteiger partial charge in [-0.3, -0.25) is 0 Å². The molecule has 0 radical (unpaired) electrons. The first-order chi connectivity index (χ1) is 13.2. The molecule has 3 aliphatic rings. The number of aliphatic hydroxyl groups is 1. The minimum atomic E-state index is -0.777. The van der Waals surface area contributed by atoms with Gasteiger partial charge in [0.25, 0.3) is 0 Å². The highest BCUT2D eigenvalue weighted by Gasteiger charge is 2.51. The highest BCUT2D eigenvalue weighted by atomic mass is 16.7. The summed E-state index contributed by atoms with van der Waals surface area (Å²) in [6.45, 7) is 7.20. The number of esters is 2. The van der Waals surface area contributed by atoms with E-state index >= 15 is 0 Å². The molecule has 0 aromatic carbocycles. The average Bonchev–Trinajstić information content (AvgIpc) is 2.66. The molecule has 1 saturated heterocycles. The molecule has 1 heterocycles. The first-order valence-electron chi connectivity index (χ1n) is 9.88. The SMILES string of the molecule is CCOC(=O)C1=C(\O)C2CCC3(OCC(C)(C)CO3)C(C/C(C(=O)OC)=C\1)C2. The van der Waals surface area contributed by atoms with Crippen molar-refractivity contribution in [1.82, 2.24) is 0 Å². The molecule has 1 aliphatic heterocycles. The summed E-state index contributed by atoms with van der Waals surface area (Å²) in [7, 11) is 1.30. The third-order valence-corrected chi connectivity index (χ3v) is 5.84. The van der Waals surface area contributed by atoms with Crippen molar-refractivity contribution in [3.05, 3.63) is 23.0 Å². The molecule has 2 unspecified atom stereocenters. The lowest BCUT2D eigenvalue weighted by Gasteiger charge is -2.51. The molecule has 0 amide bonds. The van der Waals surface area contributed by atoms with Crippen LogP contribution in [0.5, 0.6) is 0 Å². The van der Waals surface area contributed by atoms with Crippen LogP contribution in [0, 0.1) is 17.3 Å². The Morgan fingerprint density at radius 1 is 1.25 bits per heavy atom. The van der Waals surface area contributed by atoms with Crippen LogP contribution in [0.3, 0.4) is 0 Å². The van der Waals surface area contributed by atoms with Gasteiger partial charge in [-0.15, -0.1) is 0 Å². The van der Waals surface area contributed by atoms with Gasteiger partial charge in [-0.1, -0.05) is 13.8 Å². The molecule has 7 heteroatoms. The van der Waals surface area contributed by atoms with Gasteiger partial charge in [-0.25, -0.2) is 9.59 Å². The number of hydrogen-bond donors (Lipinski definition) is 1. The number of aliphatic hydroxyl groups excluding tert-OH is 1. The van der Waals surface area contributed by atoms with Crippen LogP contribution in [0.4, 0.5) is 0 Å². The lowest BCUT2D eigenvalue weighted by molar-refractivity contribution is -0.334. The molecule has 3 rings (SSSR count). The highest BCUT2D eigenvalue weighted by molar-refractivity contribution is 5.97. The van der Waals surface area contributed by atoms with Gasteiger partial charge in [0.1, 0.15) is 5.76 Å². The van der Waals surface area contributed by atoms with Crippen LogP contribution in [-0.2, 0) is 28.5 Å². The van der Waals surface area contributed by atoms with Gasteiger partial charge in [-0.05, 0) is 32.3 Å². The maximum Gasteiger partial charge on any atom is 0.341 e. The van der Waals surface area contributed by atoms with Crippen molar-refractivity contribution in [3.63, 3.8) is 0 Å². The Kier molecular flexibility index (Phi) is 5.87. The molecular formula is C21H30O7. The van der Waals surface area contributed by atoms with Gasteiger partial charge in [0.05, 0.1) is 32.5 Å². The summed E-state index contributed by atoms with van der Waals surface area (Å²) in [4.78, 5) is 24.7. The number of fused-ring (bicyclic) bond motifs is 3. The van der Waals surface area contributed by atoms with Gasteiger partial charge in [0.2, 0.25) is 0 Å². The van der Waals surface area contributed by atoms with Crippen molar-refractivity contribution in [3.8, 4) is 0 Å². The number of rotatable bonds is 3. The first kappa shape index (κ1) is 20.9. The average molecular weight is 394 g/mol. The summed E-state index contributed by atoms with van der Waals surface area (Å²) in [5.41, 5.74) is 0.274. The van der Waals surface area contributed by atoms with Gasteiger partial charge in [0.15, 0.2) is 5.79 Å². The van der Waals surface area contributed by atoms with Gasteiger partial charge in [0, 0.05) is 29.2 Å². The minimum absolute atomic E-state index is 0.0319. The van der Waals surface area contributed by atoms with Crippen LogP contribution < -0.4 is 0 Å². The minimum Gasteiger partial charge on any atom is -0.511 e. The summed E-state index contributed by atoms with van der Waals surface area (Å²) in [5.74, 6) is -2.31. The molecule has 2 atom stereocenters. The fourth-order valence-corrected chi connectivity index (χ4v) is 4.24. The van der Waals surface area contributed by atoms with E-state index in [-0.39, 0.29) is 35.2 Å². The second-order valence-electron chi connectivity index (χ2n) is 8.61. The first-order valence-corrected chi connectivity index (χ1v) is 9.88. The number of carbonyl (C=O) groups excluding carboxylic acids is 2. The van der Waals surface area contributed by atoms with E-state index in [4.69, 9.17) is 18.9 Å². The number of hydrogen-bond acceptors (Lipinski definition) is 7. The van der Waals surface area contributed by atoms with E-state index in [1.807, 2.05) is 0 Å². The Balaban J connectivity index is 1.96. The second-order valence-corrected chi connectivity index (χ2v) is 8.61. The van der Waals surface area contributed by atoms with Gasteiger partial charge >= 0.3 is 11.9 Å². The quantitative estimate of drug-likeness (QED) is 0.736. The van der Waals surface area contributed by atoms with Crippen molar-refractivity contribution in [2.45, 2.75) is 52.2 Å². The summed E-state index contributed by atoms with van der Waals surface area (Å²) in [6.07, 6.45) is 3.54. The van der Waals surface area contributed by atoms with E-state index in [0.717, 1.165) is 0 Å². The molecule has 2 aliphatic carbocycles. The molecule has 2 fully saturated rings. The Morgan fingerprint density at radius 3 is 2.54 bits per heavy atom. The monoisotopic (exact) mass is 394 g/mol. The fraction of sp³-hybridized carbons (Fsp3) is 0.714. The lowest BCUT2D eigenvalue weighted by Crippen LogP contribution is -2.55. The smallest absolute Gasteiger partial charge is 0.341 e. The number of carbonyl (C=O) groups is 2. The molecule has 0 aromatic heterocycles. The molecule has 7 nitrogen and oxygen atoms in total. The molecule has 2 bridgehead atoms. The number of ether oxygens (including phenoxy) is 4. The predicted octanol–water partition coefficient (Wildman–Crippen LogP) is 3.05. The van der Waals surface area contributed by atoms with E-state index < -0.39 is 17.7 Å². The van der Waals surface area contributed by atoms with Crippen LogP contribution in [0.25, 0.3) is 0 Å². The van der Waals surface area contributed by atoms with E-state index in [1.165, 1.54) is 13.2 Å². The molecular weight excluding hydrogens is 364 g/mol. The Bertz CT molecular complexity index is 694. The van der Waals surface area contributed by atoms with E-state index in [2.05, 4.69) is 13.8 Å². The molecule has 1 N–H and O–H groups in total. The van der Waals surface area contributed by atoms with Crippen LogP contribution in [-0.4, -0.2) is 49.8 Å². The zero-order valence-corrected chi connectivity index (χ0v) is 17.1. The zero-order valence-electron chi connectivity index (χ0n) is 17.1. The van der Waals surface area contributed by atoms with Crippen molar-refractivity contribution in [2.75, 3.05) is 26.9 Å². The van der Waals surface area contributed by atoms with Gasteiger partial charge < -0.3 is 24.1 Å². The lowest BCUT2D eigenvalue weighted by atomic mass is 9.71. The highest BCUT2D eigenvalue weighted by Crippen LogP contribution is 2.49. The topological polar surface area (TPSA) is 91.3 Å². The van der Waals surface area contributed by atoms with Crippen molar-refractivity contribution >= 4 is 11.9 Å². The third kappa shape index (κ3) is 3.96. The standard InChI is InChI=1S/C21H30O7/c1-5-26-19(24)16-10-14(18(23)25-4)9-15-8-13(17(16)22)6-7-21(15)27-11-20(2,3)12-28-21/h10,13,15,22H,5-9,11-12H2,1-4H3/b14-10+,17-16-. The predicted molar refractivity (Wildman–Crippen MR) is 100 cm³/mol. The van der Waals surface area contributed by atoms with Crippen LogP contribution in [0.2, 0.25) is 0 Å². The zero-order chi connectivity index (χ0) is 20.5. The van der Waals surface area contributed by atoms with Crippen molar-refractivity contribution in [1.29, 1.82) is 0 Å². The fourth-order valence-electron chi connectivity index (χ4n) is 4.24. The third-order valence-electron chi connectivity index (χ3n) is 5.84. The van der Waals surface area contributed by atoms with E-state index in [0.29, 0.717) is 44.5 Å². The summed E-state index contributed by atoms with van der Waals surface area (Å²) in [5, 5.41) is 10.8. The summed E-state index contributed by atoms with van der Waals surface area (Å²) in [6, 6.07) is 0. The van der Waals surface area contributed by atoms with Gasteiger partial charge in [-0.2, -0.15) is 0 Å². The second kappa shape index (κ2) is 7.87. The molecule has 28 heavy (non-hydrogen) atoms. The van der Waals surface area contributed by atoms with Crippen LogP contribution >= 0.6 is 0 Å².